The molecule has 0 aliphatic carbocycles. The topological polar surface area (TPSA) is 160 Å². The third-order valence-corrected chi connectivity index (χ3v) is 5.68. The maximum absolute atomic E-state index is 13.2. The van der Waals surface area contributed by atoms with Crippen molar-refractivity contribution in [1.29, 1.82) is 0 Å². The normalized spacial score (nSPS) is 18.5. The first-order chi connectivity index (χ1) is 15.3. The minimum absolute atomic E-state index is 0.205. The molecule has 0 unspecified atom stereocenters. The molecular formula is C22H34N6O4. The van der Waals surface area contributed by atoms with Gasteiger partial charge in [-0.15, -0.1) is 0 Å². The average molecular weight is 447 g/mol. The molecular weight excluding hydrogens is 412 g/mol. The molecule has 0 radical (unpaired) electrons. The highest BCUT2D eigenvalue weighted by atomic mass is 16.2. The van der Waals surface area contributed by atoms with Crippen LogP contribution < -0.4 is 27.4 Å². The Hall–Kier alpha value is -2.98. The van der Waals surface area contributed by atoms with Crippen LogP contribution in [-0.2, 0) is 25.6 Å². The summed E-state index contributed by atoms with van der Waals surface area (Å²) in [6.07, 6.45) is 1.62. The van der Waals surface area contributed by atoms with Gasteiger partial charge in [0.15, 0.2) is 0 Å². The first-order valence-electron chi connectivity index (χ1n) is 10.9. The van der Waals surface area contributed by atoms with Crippen LogP contribution in [0.15, 0.2) is 30.3 Å². The van der Waals surface area contributed by atoms with E-state index < -0.39 is 36.0 Å². The van der Waals surface area contributed by atoms with Crippen LogP contribution in [0.3, 0.4) is 0 Å². The van der Waals surface area contributed by atoms with Crippen molar-refractivity contribution in [3.8, 4) is 0 Å². The van der Waals surface area contributed by atoms with Crippen molar-refractivity contribution in [2.45, 2.75) is 56.8 Å². The molecule has 1 heterocycles. The van der Waals surface area contributed by atoms with Crippen molar-refractivity contribution in [3.63, 3.8) is 0 Å². The van der Waals surface area contributed by atoms with Crippen molar-refractivity contribution >= 4 is 23.6 Å². The SMILES string of the molecule is CN[C@@H](C)C(=O)N[C@@H](CCN)C(=O)N1CCC[C@H]1C(=O)N[C@@H](Cc1ccccc1)C(N)=O. The molecule has 1 aliphatic heterocycles. The molecule has 0 aromatic heterocycles. The van der Waals surface area contributed by atoms with Gasteiger partial charge in [0.05, 0.1) is 6.04 Å². The summed E-state index contributed by atoms with van der Waals surface area (Å²) in [6.45, 7) is 2.27. The number of nitrogens with one attached hydrogen (secondary N) is 3. The lowest BCUT2D eigenvalue weighted by molar-refractivity contribution is -0.142. The lowest BCUT2D eigenvalue weighted by Crippen LogP contribution is -2.57. The molecule has 4 atom stereocenters. The lowest BCUT2D eigenvalue weighted by Gasteiger charge is -2.30. The fourth-order valence-corrected chi connectivity index (χ4v) is 3.70. The molecule has 0 spiro atoms. The highest BCUT2D eigenvalue weighted by Gasteiger charge is 2.38. The van der Waals surface area contributed by atoms with Gasteiger partial charge in [0, 0.05) is 13.0 Å². The van der Waals surface area contributed by atoms with Crippen LogP contribution in [0.25, 0.3) is 0 Å². The van der Waals surface area contributed by atoms with E-state index in [-0.39, 0.29) is 31.2 Å². The van der Waals surface area contributed by atoms with Gasteiger partial charge in [0.1, 0.15) is 18.1 Å². The number of hydrogen-bond donors (Lipinski definition) is 5. The first kappa shape index (κ1) is 25.3. The van der Waals surface area contributed by atoms with E-state index in [1.807, 2.05) is 30.3 Å². The minimum atomic E-state index is -0.890. The van der Waals surface area contributed by atoms with Crippen LogP contribution >= 0.6 is 0 Å². The van der Waals surface area contributed by atoms with Crippen LogP contribution in [-0.4, -0.2) is 72.8 Å². The molecule has 7 N–H and O–H groups in total. The Labute approximate surface area is 188 Å². The molecule has 10 heteroatoms. The largest absolute Gasteiger partial charge is 0.368 e. The third kappa shape index (κ3) is 6.76. The zero-order valence-corrected chi connectivity index (χ0v) is 18.7. The number of nitrogens with two attached hydrogens (primary N) is 2. The predicted molar refractivity (Wildman–Crippen MR) is 120 cm³/mol. The zero-order chi connectivity index (χ0) is 23.7. The summed E-state index contributed by atoms with van der Waals surface area (Å²) in [5.41, 5.74) is 12.0. The number of amides is 4. The van der Waals surface area contributed by atoms with Crippen LogP contribution in [0.5, 0.6) is 0 Å². The Balaban J connectivity index is 2.09. The number of carbonyl (C=O) groups is 4. The van der Waals surface area contributed by atoms with Gasteiger partial charge >= 0.3 is 0 Å². The first-order valence-corrected chi connectivity index (χ1v) is 10.9. The second-order valence-electron chi connectivity index (χ2n) is 7.99. The fourth-order valence-electron chi connectivity index (χ4n) is 3.70. The summed E-state index contributed by atoms with van der Waals surface area (Å²) in [5.74, 6) is -1.76. The molecule has 2 rings (SSSR count). The number of nitrogens with zero attached hydrogens (tertiary/aromatic N) is 1. The lowest BCUT2D eigenvalue weighted by atomic mass is 10.0. The van der Waals surface area contributed by atoms with Crippen molar-refractivity contribution in [1.82, 2.24) is 20.9 Å². The number of likely N-dealkylation sites (N-methyl/N-ethyl adjacent to an activating group) is 1. The van der Waals surface area contributed by atoms with Crippen molar-refractivity contribution < 1.29 is 19.2 Å². The van der Waals surface area contributed by atoms with Crippen LogP contribution in [0.2, 0.25) is 0 Å². The summed E-state index contributed by atoms with van der Waals surface area (Å²) >= 11 is 0. The number of benzene rings is 1. The van der Waals surface area contributed by atoms with Gasteiger partial charge in [-0.1, -0.05) is 30.3 Å². The summed E-state index contributed by atoms with van der Waals surface area (Å²) in [7, 11) is 1.65. The summed E-state index contributed by atoms with van der Waals surface area (Å²) in [4.78, 5) is 51.8. The Morgan fingerprint density at radius 3 is 2.41 bits per heavy atom. The molecule has 4 amide bonds. The molecule has 0 bridgehead atoms. The van der Waals surface area contributed by atoms with Crippen LogP contribution in [0.4, 0.5) is 0 Å². The molecule has 1 aromatic carbocycles. The average Bonchev–Trinajstić information content (AvgIpc) is 3.27. The van der Waals surface area contributed by atoms with Gasteiger partial charge in [-0.2, -0.15) is 0 Å². The van der Waals surface area contributed by atoms with Gasteiger partial charge in [-0.25, -0.2) is 0 Å². The highest BCUT2D eigenvalue weighted by molar-refractivity contribution is 5.95. The summed E-state index contributed by atoms with van der Waals surface area (Å²) < 4.78 is 0. The van der Waals surface area contributed by atoms with E-state index in [4.69, 9.17) is 11.5 Å². The second-order valence-corrected chi connectivity index (χ2v) is 7.99. The highest BCUT2D eigenvalue weighted by Crippen LogP contribution is 2.20. The molecule has 1 aliphatic rings. The van der Waals surface area contributed by atoms with Gasteiger partial charge in [-0.05, 0) is 45.3 Å². The van der Waals surface area contributed by atoms with Gasteiger partial charge < -0.3 is 32.3 Å². The Kier molecular flexibility index (Phi) is 9.61. The molecule has 32 heavy (non-hydrogen) atoms. The summed E-state index contributed by atoms with van der Waals surface area (Å²) in [6, 6.07) is 6.30. The van der Waals surface area contributed by atoms with Crippen LogP contribution in [0, 0.1) is 0 Å². The Morgan fingerprint density at radius 2 is 1.81 bits per heavy atom. The number of likely N-dealkylation sites (tertiary alicyclic amines) is 1. The van der Waals surface area contributed by atoms with E-state index in [2.05, 4.69) is 16.0 Å². The maximum Gasteiger partial charge on any atom is 0.245 e. The molecule has 10 nitrogen and oxygen atoms in total. The third-order valence-electron chi connectivity index (χ3n) is 5.68. The van der Waals surface area contributed by atoms with E-state index in [0.717, 1.165) is 5.56 Å². The number of rotatable bonds is 11. The summed E-state index contributed by atoms with van der Waals surface area (Å²) in [5, 5.41) is 8.24. The van der Waals surface area contributed by atoms with E-state index in [1.165, 1.54) is 4.90 Å². The molecule has 1 fully saturated rings. The van der Waals surface area contributed by atoms with Crippen molar-refractivity contribution in [2.75, 3.05) is 20.1 Å². The number of carbonyl (C=O) groups excluding carboxylic acids is 4. The van der Waals surface area contributed by atoms with E-state index in [0.29, 0.717) is 19.4 Å². The number of hydrogen-bond acceptors (Lipinski definition) is 6. The van der Waals surface area contributed by atoms with E-state index >= 15 is 0 Å². The zero-order valence-electron chi connectivity index (χ0n) is 18.7. The van der Waals surface area contributed by atoms with Crippen molar-refractivity contribution in [3.05, 3.63) is 35.9 Å². The maximum atomic E-state index is 13.2. The molecule has 1 saturated heterocycles. The van der Waals surface area contributed by atoms with E-state index in [1.54, 1.807) is 14.0 Å². The molecule has 0 saturated carbocycles. The van der Waals surface area contributed by atoms with Crippen LogP contribution in [0.1, 0.15) is 31.7 Å². The quantitative estimate of drug-likeness (QED) is 0.282. The van der Waals surface area contributed by atoms with Crippen molar-refractivity contribution in [2.24, 2.45) is 11.5 Å². The fraction of sp³-hybridized carbons (Fsp3) is 0.545. The van der Waals surface area contributed by atoms with Gasteiger partial charge in [0.25, 0.3) is 0 Å². The Bertz CT molecular complexity index is 803. The van der Waals surface area contributed by atoms with E-state index in [9.17, 15) is 19.2 Å². The predicted octanol–water partition coefficient (Wildman–Crippen LogP) is -1.37. The van der Waals surface area contributed by atoms with Gasteiger partial charge in [0.2, 0.25) is 23.6 Å². The standard InChI is InChI=1S/C22H34N6O4/c1-14(25-2)20(30)26-16(10-11-23)22(32)28-12-6-9-18(28)21(31)27-17(19(24)29)13-15-7-4-3-5-8-15/h3-5,7-8,14,16-18,25H,6,9-13,23H2,1-2H3,(H2,24,29)(H,26,30)(H,27,31)/t14-,16-,17-,18-/m0/s1. The second kappa shape index (κ2) is 12.2. The van der Waals surface area contributed by atoms with Gasteiger partial charge in [-0.3, -0.25) is 19.2 Å². The monoisotopic (exact) mass is 446 g/mol. The smallest absolute Gasteiger partial charge is 0.245 e. The minimum Gasteiger partial charge on any atom is -0.368 e. The molecule has 176 valence electrons. The Morgan fingerprint density at radius 1 is 1.12 bits per heavy atom. The number of primary amides is 1. The molecule has 1 aromatic rings.